The Morgan fingerprint density at radius 3 is 2.50 bits per heavy atom. The standard InChI is InChI=1S/C11H22N2O/c1-4-13(8-9(2)3)11(14)5-10-6-12-7-10/h9-10,12H,4-8H2,1-3H3. The second-order valence-electron chi connectivity index (χ2n) is 4.55. The first-order chi connectivity index (χ1) is 6.63. The molecule has 1 saturated heterocycles. The Kier molecular flexibility index (Phi) is 4.39. The summed E-state index contributed by atoms with van der Waals surface area (Å²) in [5.74, 6) is 1.48. The number of rotatable bonds is 5. The summed E-state index contributed by atoms with van der Waals surface area (Å²) in [6, 6.07) is 0. The lowest BCUT2D eigenvalue weighted by atomic mass is 9.98. The van der Waals surface area contributed by atoms with Crippen molar-refractivity contribution in [3.8, 4) is 0 Å². The summed E-state index contributed by atoms with van der Waals surface area (Å²) < 4.78 is 0. The molecule has 0 spiro atoms. The second-order valence-corrected chi connectivity index (χ2v) is 4.55. The average Bonchev–Trinajstić information content (AvgIpc) is 2.06. The normalized spacial score (nSPS) is 16.9. The summed E-state index contributed by atoms with van der Waals surface area (Å²) in [6.07, 6.45) is 0.730. The minimum absolute atomic E-state index is 0.327. The molecule has 0 atom stereocenters. The van der Waals surface area contributed by atoms with E-state index in [4.69, 9.17) is 0 Å². The number of hydrogen-bond donors (Lipinski definition) is 1. The molecule has 14 heavy (non-hydrogen) atoms. The Balaban J connectivity index is 2.30. The van der Waals surface area contributed by atoms with E-state index in [0.717, 1.165) is 32.6 Å². The van der Waals surface area contributed by atoms with E-state index < -0.39 is 0 Å². The van der Waals surface area contributed by atoms with E-state index >= 15 is 0 Å². The van der Waals surface area contributed by atoms with Gasteiger partial charge in [-0.1, -0.05) is 13.8 Å². The third-order valence-corrected chi connectivity index (χ3v) is 2.65. The highest BCUT2D eigenvalue weighted by Gasteiger charge is 2.22. The highest BCUT2D eigenvalue weighted by molar-refractivity contribution is 5.76. The van der Waals surface area contributed by atoms with Crippen molar-refractivity contribution < 1.29 is 4.79 Å². The molecular formula is C11H22N2O. The summed E-state index contributed by atoms with van der Waals surface area (Å²) in [5.41, 5.74) is 0. The number of amides is 1. The van der Waals surface area contributed by atoms with Crippen LogP contribution in [-0.4, -0.2) is 37.0 Å². The minimum Gasteiger partial charge on any atom is -0.343 e. The molecule has 0 radical (unpaired) electrons. The van der Waals surface area contributed by atoms with Crippen molar-refractivity contribution in [2.75, 3.05) is 26.2 Å². The zero-order valence-electron chi connectivity index (χ0n) is 9.55. The van der Waals surface area contributed by atoms with Gasteiger partial charge in [-0.3, -0.25) is 4.79 Å². The van der Waals surface area contributed by atoms with Crippen molar-refractivity contribution in [1.82, 2.24) is 10.2 Å². The molecule has 0 bridgehead atoms. The fraction of sp³-hybridized carbons (Fsp3) is 0.909. The lowest BCUT2D eigenvalue weighted by Gasteiger charge is -2.30. The highest BCUT2D eigenvalue weighted by Crippen LogP contribution is 2.11. The number of hydrogen-bond acceptors (Lipinski definition) is 2. The van der Waals surface area contributed by atoms with Crippen LogP contribution in [0.3, 0.4) is 0 Å². The SMILES string of the molecule is CCN(CC(C)C)C(=O)CC1CNC1. The lowest BCUT2D eigenvalue weighted by Crippen LogP contribution is -2.45. The molecular weight excluding hydrogens is 176 g/mol. The Bertz CT molecular complexity index is 188. The average molecular weight is 198 g/mol. The summed E-state index contributed by atoms with van der Waals surface area (Å²) in [5, 5.41) is 3.19. The summed E-state index contributed by atoms with van der Waals surface area (Å²) in [6.45, 7) is 10.1. The topological polar surface area (TPSA) is 32.3 Å². The van der Waals surface area contributed by atoms with Gasteiger partial charge in [0.1, 0.15) is 0 Å². The van der Waals surface area contributed by atoms with Crippen molar-refractivity contribution in [2.24, 2.45) is 11.8 Å². The van der Waals surface area contributed by atoms with E-state index in [2.05, 4.69) is 26.1 Å². The van der Waals surface area contributed by atoms with Crippen molar-refractivity contribution in [1.29, 1.82) is 0 Å². The first kappa shape index (κ1) is 11.5. The maximum atomic E-state index is 11.8. The van der Waals surface area contributed by atoms with Crippen molar-refractivity contribution >= 4 is 5.91 Å². The van der Waals surface area contributed by atoms with Crippen LogP contribution >= 0.6 is 0 Å². The van der Waals surface area contributed by atoms with Gasteiger partial charge in [0.2, 0.25) is 5.91 Å². The van der Waals surface area contributed by atoms with Crippen LogP contribution in [0.25, 0.3) is 0 Å². The van der Waals surface area contributed by atoms with E-state index in [9.17, 15) is 4.79 Å². The van der Waals surface area contributed by atoms with Crippen LogP contribution in [0.15, 0.2) is 0 Å². The molecule has 0 saturated carbocycles. The molecule has 1 heterocycles. The van der Waals surface area contributed by atoms with Crippen molar-refractivity contribution in [3.05, 3.63) is 0 Å². The number of carbonyl (C=O) groups is 1. The summed E-state index contributed by atoms with van der Waals surface area (Å²) >= 11 is 0. The van der Waals surface area contributed by atoms with Gasteiger partial charge in [-0.15, -0.1) is 0 Å². The Morgan fingerprint density at radius 2 is 2.14 bits per heavy atom. The molecule has 0 aromatic heterocycles. The van der Waals surface area contributed by atoms with Crippen LogP contribution in [0.1, 0.15) is 27.2 Å². The van der Waals surface area contributed by atoms with Gasteiger partial charge in [0, 0.05) is 19.5 Å². The molecule has 0 aromatic rings. The third-order valence-electron chi connectivity index (χ3n) is 2.65. The van der Waals surface area contributed by atoms with Crippen LogP contribution in [0.4, 0.5) is 0 Å². The van der Waals surface area contributed by atoms with Crippen LogP contribution in [0.5, 0.6) is 0 Å². The first-order valence-electron chi connectivity index (χ1n) is 5.62. The lowest BCUT2D eigenvalue weighted by molar-refractivity contribution is -0.132. The zero-order valence-corrected chi connectivity index (χ0v) is 9.55. The highest BCUT2D eigenvalue weighted by atomic mass is 16.2. The quantitative estimate of drug-likeness (QED) is 0.717. The van der Waals surface area contributed by atoms with E-state index in [1.54, 1.807) is 0 Å². The van der Waals surface area contributed by atoms with Gasteiger partial charge in [-0.2, -0.15) is 0 Å². The van der Waals surface area contributed by atoms with Gasteiger partial charge < -0.3 is 10.2 Å². The van der Waals surface area contributed by atoms with Crippen molar-refractivity contribution in [3.63, 3.8) is 0 Å². The molecule has 0 unspecified atom stereocenters. The van der Waals surface area contributed by atoms with Gasteiger partial charge in [-0.25, -0.2) is 0 Å². The fourth-order valence-electron chi connectivity index (χ4n) is 1.72. The van der Waals surface area contributed by atoms with Gasteiger partial charge in [0.15, 0.2) is 0 Å². The van der Waals surface area contributed by atoms with Gasteiger partial charge in [0.25, 0.3) is 0 Å². The maximum Gasteiger partial charge on any atom is 0.222 e. The second kappa shape index (κ2) is 5.35. The number of carbonyl (C=O) groups excluding carboxylic acids is 1. The molecule has 1 fully saturated rings. The fourth-order valence-corrected chi connectivity index (χ4v) is 1.72. The van der Waals surface area contributed by atoms with Crippen LogP contribution < -0.4 is 5.32 Å². The molecule has 1 amide bonds. The molecule has 3 nitrogen and oxygen atoms in total. The van der Waals surface area contributed by atoms with E-state index in [0.29, 0.717) is 17.7 Å². The largest absolute Gasteiger partial charge is 0.343 e. The van der Waals surface area contributed by atoms with Crippen LogP contribution in [0.2, 0.25) is 0 Å². The molecule has 0 aromatic carbocycles. The van der Waals surface area contributed by atoms with Crippen LogP contribution in [-0.2, 0) is 4.79 Å². The van der Waals surface area contributed by atoms with Gasteiger partial charge in [-0.05, 0) is 31.8 Å². The number of nitrogens with one attached hydrogen (secondary N) is 1. The van der Waals surface area contributed by atoms with Crippen molar-refractivity contribution in [2.45, 2.75) is 27.2 Å². The first-order valence-corrected chi connectivity index (χ1v) is 5.62. The molecule has 0 aliphatic carbocycles. The predicted molar refractivity (Wildman–Crippen MR) is 58.1 cm³/mol. The predicted octanol–water partition coefficient (Wildman–Crippen LogP) is 1.10. The minimum atomic E-state index is 0.327. The molecule has 3 heteroatoms. The summed E-state index contributed by atoms with van der Waals surface area (Å²) in [4.78, 5) is 13.8. The third kappa shape index (κ3) is 3.29. The van der Waals surface area contributed by atoms with E-state index in [1.165, 1.54) is 0 Å². The van der Waals surface area contributed by atoms with E-state index in [-0.39, 0.29) is 0 Å². The van der Waals surface area contributed by atoms with Crippen LogP contribution in [0, 0.1) is 11.8 Å². The summed E-state index contributed by atoms with van der Waals surface area (Å²) in [7, 11) is 0. The monoisotopic (exact) mass is 198 g/mol. The molecule has 1 aliphatic heterocycles. The molecule has 1 rings (SSSR count). The zero-order chi connectivity index (χ0) is 10.6. The maximum absolute atomic E-state index is 11.8. The Morgan fingerprint density at radius 1 is 1.50 bits per heavy atom. The Labute approximate surface area is 86.9 Å². The van der Waals surface area contributed by atoms with Gasteiger partial charge in [0.05, 0.1) is 0 Å². The molecule has 1 N–H and O–H groups in total. The smallest absolute Gasteiger partial charge is 0.222 e. The Hall–Kier alpha value is -0.570. The van der Waals surface area contributed by atoms with E-state index in [1.807, 2.05) is 4.90 Å². The van der Waals surface area contributed by atoms with Gasteiger partial charge >= 0.3 is 0 Å². The number of nitrogens with zero attached hydrogens (tertiary/aromatic N) is 1. The molecule has 1 aliphatic rings. The molecule has 82 valence electrons.